The van der Waals surface area contributed by atoms with Crippen molar-refractivity contribution in [3.63, 3.8) is 0 Å². The van der Waals surface area contributed by atoms with E-state index in [2.05, 4.69) is 15.0 Å². The molecule has 0 aliphatic carbocycles. The molecule has 1 saturated heterocycles. The van der Waals surface area contributed by atoms with E-state index in [1.807, 2.05) is 25.9 Å². The molecule has 2 N–H and O–H groups in total. The number of H-pyrrole nitrogens is 1. The molecule has 2 aromatic rings. The maximum Gasteiger partial charge on any atom is 0.329 e. The predicted molar refractivity (Wildman–Crippen MR) is 77.3 cm³/mol. The molecule has 0 amide bonds. The summed E-state index contributed by atoms with van der Waals surface area (Å²) in [4.78, 5) is 25.3. The summed E-state index contributed by atoms with van der Waals surface area (Å²) in [5.41, 5.74) is 0.843. The number of nitrogens with one attached hydrogen (secondary N) is 1. The molecule has 1 aliphatic rings. The number of aliphatic hydroxyl groups is 1. The standard InChI is InChI=1S/C13H19N5O3/c1-7-4-9(21-8(7)5-19)18-12-10(16-13(18)20)11(17(2)3)14-6-15-12/h6-9,19H,4-5H2,1-3H3,(H,16,20)/t7?,8?,9-/m1/s1. The lowest BCUT2D eigenvalue weighted by Gasteiger charge is -2.14. The molecule has 2 unspecified atom stereocenters. The van der Waals surface area contributed by atoms with Gasteiger partial charge < -0.3 is 19.7 Å². The minimum absolute atomic E-state index is 0.0489. The molecule has 0 spiro atoms. The molecule has 3 heterocycles. The van der Waals surface area contributed by atoms with Crippen molar-refractivity contribution in [1.82, 2.24) is 19.5 Å². The van der Waals surface area contributed by atoms with Gasteiger partial charge in [-0.3, -0.25) is 0 Å². The average molecular weight is 293 g/mol. The topological polar surface area (TPSA) is 96.3 Å². The molecule has 1 fully saturated rings. The van der Waals surface area contributed by atoms with Crippen molar-refractivity contribution in [1.29, 1.82) is 0 Å². The first-order chi connectivity index (χ1) is 10.0. The Morgan fingerprint density at radius 3 is 2.90 bits per heavy atom. The van der Waals surface area contributed by atoms with E-state index >= 15 is 0 Å². The molecule has 0 aromatic carbocycles. The number of aromatic amines is 1. The summed E-state index contributed by atoms with van der Waals surface area (Å²) in [5, 5.41) is 9.30. The van der Waals surface area contributed by atoms with Gasteiger partial charge in [-0.25, -0.2) is 19.3 Å². The van der Waals surface area contributed by atoms with Crippen LogP contribution in [-0.4, -0.2) is 51.4 Å². The molecule has 0 bridgehead atoms. The zero-order chi connectivity index (χ0) is 15.1. The Bertz CT molecular complexity index is 707. The second-order valence-electron chi connectivity index (χ2n) is 5.62. The van der Waals surface area contributed by atoms with Crippen molar-refractivity contribution in [3.05, 3.63) is 16.8 Å². The number of aromatic nitrogens is 4. The summed E-state index contributed by atoms with van der Waals surface area (Å²) < 4.78 is 7.29. The lowest BCUT2D eigenvalue weighted by atomic mass is 10.0. The zero-order valence-corrected chi connectivity index (χ0v) is 12.3. The van der Waals surface area contributed by atoms with Crippen molar-refractivity contribution < 1.29 is 9.84 Å². The summed E-state index contributed by atoms with van der Waals surface area (Å²) >= 11 is 0. The normalized spacial score (nSPS) is 25.6. The van der Waals surface area contributed by atoms with Gasteiger partial charge in [0.15, 0.2) is 11.5 Å². The van der Waals surface area contributed by atoms with E-state index in [0.717, 1.165) is 0 Å². The fraction of sp³-hybridized carbons (Fsp3) is 0.615. The van der Waals surface area contributed by atoms with Gasteiger partial charge in [0.1, 0.15) is 18.1 Å². The van der Waals surface area contributed by atoms with Crippen molar-refractivity contribution in [3.8, 4) is 0 Å². The maximum atomic E-state index is 12.3. The monoisotopic (exact) mass is 293 g/mol. The van der Waals surface area contributed by atoms with Crippen LogP contribution in [0.15, 0.2) is 11.1 Å². The number of nitrogens with zero attached hydrogens (tertiary/aromatic N) is 4. The second-order valence-corrected chi connectivity index (χ2v) is 5.62. The third-order valence-corrected chi connectivity index (χ3v) is 3.92. The fourth-order valence-corrected chi connectivity index (χ4v) is 2.78. The molecule has 1 aliphatic heterocycles. The smallest absolute Gasteiger partial charge is 0.329 e. The lowest BCUT2D eigenvalue weighted by Crippen LogP contribution is -2.24. The minimum atomic E-state index is -0.414. The maximum absolute atomic E-state index is 12.3. The van der Waals surface area contributed by atoms with E-state index in [9.17, 15) is 9.90 Å². The van der Waals surface area contributed by atoms with Crippen LogP contribution in [0.1, 0.15) is 19.6 Å². The Kier molecular flexibility index (Phi) is 3.42. The van der Waals surface area contributed by atoms with Gasteiger partial charge in [-0.05, 0) is 12.3 Å². The van der Waals surface area contributed by atoms with Crippen LogP contribution in [0, 0.1) is 5.92 Å². The molecule has 21 heavy (non-hydrogen) atoms. The highest BCUT2D eigenvalue weighted by Gasteiger charge is 2.35. The Balaban J connectivity index is 2.10. The zero-order valence-electron chi connectivity index (χ0n) is 12.3. The number of rotatable bonds is 3. The summed E-state index contributed by atoms with van der Waals surface area (Å²) in [7, 11) is 3.71. The summed E-state index contributed by atoms with van der Waals surface area (Å²) in [6.45, 7) is 1.95. The molecular weight excluding hydrogens is 274 g/mol. The lowest BCUT2D eigenvalue weighted by molar-refractivity contribution is -0.0290. The molecule has 8 nitrogen and oxygen atoms in total. The number of anilines is 1. The highest BCUT2D eigenvalue weighted by atomic mass is 16.5. The molecule has 2 aromatic heterocycles. The van der Waals surface area contributed by atoms with E-state index in [4.69, 9.17) is 4.74 Å². The van der Waals surface area contributed by atoms with Crippen LogP contribution >= 0.6 is 0 Å². The van der Waals surface area contributed by atoms with Crippen LogP contribution in [0.3, 0.4) is 0 Å². The van der Waals surface area contributed by atoms with Gasteiger partial charge in [0, 0.05) is 14.1 Å². The van der Waals surface area contributed by atoms with Crippen LogP contribution in [0.4, 0.5) is 5.82 Å². The summed E-state index contributed by atoms with van der Waals surface area (Å²) in [5.74, 6) is 0.840. The van der Waals surface area contributed by atoms with Gasteiger partial charge in [0.2, 0.25) is 0 Å². The molecule has 8 heteroatoms. The summed E-state index contributed by atoms with van der Waals surface area (Å²) in [6, 6.07) is 0. The third-order valence-electron chi connectivity index (χ3n) is 3.92. The number of imidazole rings is 1. The quantitative estimate of drug-likeness (QED) is 0.833. The number of hydrogen-bond donors (Lipinski definition) is 2. The van der Waals surface area contributed by atoms with E-state index in [-0.39, 0.29) is 24.3 Å². The van der Waals surface area contributed by atoms with Gasteiger partial charge in [-0.2, -0.15) is 0 Å². The average Bonchev–Trinajstić information content (AvgIpc) is 2.96. The van der Waals surface area contributed by atoms with Crippen LogP contribution in [0.5, 0.6) is 0 Å². The van der Waals surface area contributed by atoms with Crippen molar-refractivity contribution in [2.45, 2.75) is 25.7 Å². The molecular formula is C13H19N5O3. The van der Waals surface area contributed by atoms with Crippen LogP contribution in [-0.2, 0) is 4.74 Å². The van der Waals surface area contributed by atoms with Gasteiger partial charge in [0.05, 0.1) is 12.7 Å². The van der Waals surface area contributed by atoms with Crippen LogP contribution in [0.25, 0.3) is 11.2 Å². The number of hydrogen-bond acceptors (Lipinski definition) is 6. The first-order valence-corrected chi connectivity index (χ1v) is 6.91. The Morgan fingerprint density at radius 1 is 1.52 bits per heavy atom. The largest absolute Gasteiger partial charge is 0.394 e. The van der Waals surface area contributed by atoms with Crippen LogP contribution in [0.2, 0.25) is 0 Å². The minimum Gasteiger partial charge on any atom is -0.394 e. The van der Waals surface area contributed by atoms with E-state index in [1.165, 1.54) is 10.9 Å². The molecule has 114 valence electrons. The Hall–Kier alpha value is -1.93. The molecule has 0 saturated carbocycles. The summed E-state index contributed by atoms with van der Waals surface area (Å²) in [6.07, 6.45) is 1.44. The van der Waals surface area contributed by atoms with E-state index < -0.39 is 6.23 Å². The van der Waals surface area contributed by atoms with Crippen molar-refractivity contribution >= 4 is 17.0 Å². The van der Waals surface area contributed by atoms with Crippen LogP contribution < -0.4 is 10.6 Å². The van der Waals surface area contributed by atoms with Gasteiger partial charge >= 0.3 is 5.69 Å². The van der Waals surface area contributed by atoms with E-state index in [0.29, 0.717) is 23.4 Å². The van der Waals surface area contributed by atoms with Gasteiger partial charge in [-0.15, -0.1) is 0 Å². The molecule has 0 radical (unpaired) electrons. The van der Waals surface area contributed by atoms with Gasteiger partial charge in [0.25, 0.3) is 0 Å². The first-order valence-electron chi connectivity index (χ1n) is 6.91. The van der Waals surface area contributed by atoms with Gasteiger partial charge in [-0.1, -0.05) is 6.92 Å². The Morgan fingerprint density at radius 2 is 2.29 bits per heavy atom. The SMILES string of the molecule is CC1C[C@H](n2c(=O)[nH]c3c(N(C)C)ncnc32)OC1CO. The van der Waals surface area contributed by atoms with Crippen molar-refractivity contribution in [2.75, 3.05) is 25.6 Å². The Labute approximate surface area is 121 Å². The highest BCUT2D eigenvalue weighted by molar-refractivity contribution is 5.83. The number of aliphatic hydroxyl groups excluding tert-OH is 1. The number of fused-ring (bicyclic) bond motifs is 1. The third kappa shape index (κ3) is 2.20. The first kappa shape index (κ1) is 14.0. The highest BCUT2D eigenvalue weighted by Crippen LogP contribution is 2.33. The predicted octanol–water partition coefficient (Wildman–Crippen LogP) is 0.101. The van der Waals surface area contributed by atoms with E-state index in [1.54, 1.807) is 0 Å². The van der Waals surface area contributed by atoms with Crippen molar-refractivity contribution in [2.24, 2.45) is 5.92 Å². The second kappa shape index (κ2) is 5.12. The molecule has 3 atom stereocenters. The fourth-order valence-electron chi connectivity index (χ4n) is 2.78. The number of ether oxygens (including phenoxy) is 1. The molecule has 3 rings (SSSR count).